The summed E-state index contributed by atoms with van der Waals surface area (Å²) in [7, 11) is 1.44. The first kappa shape index (κ1) is 36.9. The van der Waals surface area contributed by atoms with E-state index in [2.05, 4.69) is 19.1 Å². The summed E-state index contributed by atoms with van der Waals surface area (Å²) in [4.78, 5) is 21.6. The number of aliphatic hydroxyl groups excluding tert-OH is 1. The molecular formula is C30H51NO7P+. The normalized spacial score (nSPS) is 15.5. The maximum Gasteiger partial charge on any atom is 0.472 e. The second kappa shape index (κ2) is 23.8. The van der Waals surface area contributed by atoms with Crippen molar-refractivity contribution >= 4 is 13.8 Å². The van der Waals surface area contributed by atoms with Crippen molar-refractivity contribution in [3.05, 3.63) is 72.9 Å². The Morgan fingerprint density at radius 2 is 1.36 bits per heavy atom. The number of unbranched alkanes of at least 4 members (excludes halogenated alkanes) is 7. The number of ether oxygens (including phenoxy) is 1. The summed E-state index contributed by atoms with van der Waals surface area (Å²) in [5.41, 5.74) is 0. The Hall–Kier alpha value is -2.06. The van der Waals surface area contributed by atoms with E-state index in [4.69, 9.17) is 13.8 Å². The highest BCUT2D eigenvalue weighted by atomic mass is 31.2. The average Bonchev–Trinajstić information content (AvgIpc) is 2.87. The summed E-state index contributed by atoms with van der Waals surface area (Å²) in [5.74, 6) is -0.713. The highest BCUT2D eigenvalue weighted by Crippen LogP contribution is 2.43. The van der Waals surface area contributed by atoms with Crippen LogP contribution in [0.4, 0.5) is 0 Å². The third-order valence-corrected chi connectivity index (χ3v) is 6.25. The fourth-order valence-electron chi connectivity index (χ4n) is 3.01. The molecule has 0 aromatic heterocycles. The molecule has 0 rings (SSSR count). The van der Waals surface area contributed by atoms with Gasteiger partial charge in [-0.3, -0.25) is 9.05 Å². The van der Waals surface area contributed by atoms with Crippen molar-refractivity contribution in [1.82, 2.24) is 0 Å². The number of likely N-dealkylation sites (N-methyl/N-ethyl adjacent to an activating group) is 1. The van der Waals surface area contributed by atoms with Crippen LogP contribution in [0.3, 0.4) is 0 Å². The number of esters is 1. The van der Waals surface area contributed by atoms with Crippen LogP contribution in [0.25, 0.3) is 0 Å². The smallest absolute Gasteiger partial charge is 0.454 e. The van der Waals surface area contributed by atoms with Gasteiger partial charge in [-0.15, -0.1) is 0 Å². The molecule has 0 aromatic carbocycles. The minimum absolute atomic E-state index is 0.0214. The Bertz CT molecular complexity index is 854. The molecule has 0 aromatic rings. The molecule has 8 nitrogen and oxygen atoms in total. The van der Waals surface area contributed by atoms with Crippen LogP contribution in [0.5, 0.6) is 0 Å². The molecule has 0 heterocycles. The number of allylic oxidation sites excluding steroid dienone is 11. The minimum atomic E-state index is -4.31. The van der Waals surface area contributed by atoms with E-state index in [0.29, 0.717) is 11.0 Å². The molecule has 0 aliphatic rings. The number of carbonyl (C=O) groups is 1. The summed E-state index contributed by atoms with van der Waals surface area (Å²) in [5, 5.41) is 9.35. The van der Waals surface area contributed by atoms with Crippen molar-refractivity contribution in [2.75, 3.05) is 47.5 Å². The topological polar surface area (TPSA) is 102 Å². The van der Waals surface area contributed by atoms with E-state index in [-0.39, 0.29) is 6.61 Å². The Morgan fingerprint density at radius 1 is 0.821 bits per heavy atom. The van der Waals surface area contributed by atoms with Gasteiger partial charge < -0.3 is 19.2 Å². The number of carbonyl (C=O) groups excluding carboxylic acids is 1. The number of hydrogen-bond donors (Lipinski definition) is 2. The highest BCUT2D eigenvalue weighted by molar-refractivity contribution is 7.47. The molecular weight excluding hydrogens is 517 g/mol. The van der Waals surface area contributed by atoms with Crippen LogP contribution in [0.15, 0.2) is 72.9 Å². The van der Waals surface area contributed by atoms with Crippen LogP contribution in [0.2, 0.25) is 0 Å². The molecule has 9 heteroatoms. The van der Waals surface area contributed by atoms with Crippen molar-refractivity contribution in [2.24, 2.45) is 0 Å². The van der Waals surface area contributed by atoms with Gasteiger partial charge in [0.2, 0.25) is 0 Å². The van der Waals surface area contributed by atoms with E-state index in [1.165, 1.54) is 57.1 Å². The van der Waals surface area contributed by atoms with Crippen molar-refractivity contribution in [2.45, 2.75) is 64.4 Å². The van der Waals surface area contributed by atoms with Crippen molar-refractivity contribution in [3.63, 3.8) is 0 Å². The lowest BCUT2D eigenvalue weighted by Gasteiger charge is -2.24. The van der Waals surface area contributed by atoms with Gasteiger partial charge in [-0.2, -0.15) is 0 Å². The first-order valence-electron chi connectivity index (χ1n) is 13.8. The molecule has 0 saturated carbocycles. The van der Waals surface area contributed by atoms with Crippen molar-refractivity contribution in [1.29, 1.82) is 0 Å². The monoisotopic (exact) mass is 568 g/mol. The summed E-state index contributed by atoms with van der Waals surface area (Å²) in [6.45, 7) is 1.74. The van der Waals surface area contributed by atoms with Gasteiger partial charge in [0.1, 0.15) is 19.3 Å². The van der Waals surface area contributed by atoms with Gasteiger partial charge in [0.15, 0.2) is 0 Å². The van der Waals surface area contributed by atoms with Gasteiger partial charge in [0.05, 0.1) is 34.4 Å². The van der Waals surface area contributed by atoms with Gasteiger partial charge in [-0.05, 0) is 12.8 Å². The minimum Gasteiger partial charge on any atom is -0.454 e. The number of hydrogen-bond acceptors (Lipinski definition) is 6. The predicted octanol–water partition coefficient (Wildman–Crippen LogP) is 6.21. The molecule has 0 fully saturated rings. The van der Waals surface area contributed by atoms with E-state index in [0.717, 1.165) is 6.42 Å². The number of aliphatic hydroxyl groups is 1. The molecule has 222 valence electrons. The average molecular weight is 569 g/mol. The molecule has 1 unspecified atom stereocenters. The van der Waals surface area contributed by atoms with Gasteiger partial charge in [0.25, 0.3) is 0 Å². The second-order valence-electron chi connectivity index (χ2n) is 10.1. The van der Waals surface area contributed by atoms with E-state index in [9.17, 15) is 19.4 Å². The first-order chi connectivity index (χ1) is 18.6. The van der Waals surface area contributed by atoms with Crippen LogP contribution < -0.4 is 0 Å². The summed E-state index contributed by atoms with van der Waals surface area (Å²) < 4.78 is 27.2. The predicted molar refractivity (Wildman–Crippen MR) is 159 cm³/mol. The third kappa shape index (κ3) is 27.3. The van der Waals surface area contributed by atoms with Crippen LogP contribution in [-0.4, -0.2) is 74.1 Å². The lowest BCUT2D eigenvalue weighted by atomic mass is 10.1. The first-order valence-corrected chi connectivity index (χ1v) is 15.3. The fourth-order valence-corrected chi connectivity index (χ4v) is 3.76. The Kier molecular flexibility index (Phi) is 22.5. The molecule has 2 atom stereocenters. The fraction of sp³-hybridized carbons (Fsp3) is 0.567. The zero-order chi connectivity index (χ0) is 29.2. The molecule has 0 spiro atoms. The third-order valence-electron chi connectivity index (χ3n) is 5.27. The SMILES string of the molecule is CCCCCCCCC/C=C/C=C/C=C/C=C/C=C/C=C/C(=O)O[C@@H](CO)COP(=O)(O)OCC[N+](C)(C)C. The number of phosphoric ester groups is 1. The number of phosphoric acid groups is 1. The Morgan fingerprint density at radius 3 is 1.92 bits per heavy atom. The summed E-state index contributed by atoms with van der Waals surface area (Å²) >= 11 is 0. The zero-order valence-corrected chi connectivity index (χ0v) is 25.2. The van der Waals surface area contributed by atoms with Crippen LogP contribution in [0, 0.1) is 0 Å². The quantitative estimate of drug-likeness (QED) is 0.0377. The molecule has 0 bridgehead atoms. The molecule has 0 amide bonds. The standard InChI is InChI=1S/C30H50NO7P/c1-5-6-7-8-9-10-11-12-13-14-15-16-17-18-19-20-21-22-23-24-30(33)38-29(27-32)28-37-39(34,35)36-26-25-31(2,3)4/h13-24,29,32H,5-12,25-28H2,1-4H3/p+1/b14-13+,16-15+,18-17+,20-19+,22-21+,24-23+/t29-/m0/s1. The zero-order valence-electron chi connectivity index (χ0n) is 24.3. The van der Waals surface area contributed by atoms with E-state index in [1.54, 1.807) is 12.2 Å². The summed E-state index contributed by atoms with van der Waals surface area (Å²) in [6.07, 6.45) is 31.2. The van der Waals surface area contributed by atoms with Gasteiger partial charge in [-0.1, -0.05) is 112 Å². The maximum atomic E-state index is 11.9. The lowest BCUT2D eigenvalue weighted by Crippen LogP contribution is -2.37. The number of nitrogens with zero attached hydrogens (tertiary/aromatic N) is 1. The number of rotatable bonds is 23. The van der Waals surface area contributed by atoms with Crippen molar-refractivity contribution < 1.29 is 37.6 Å². The largest absolute Gasteiger partial charge is 0.472 e. The molecule has 39 heavy (non-hydrogen) atoms. The molecule has 0 aliphatic heterocycles. The highest BCUT2D eigenvalue weighted by Gasteiger charge is 2.25. The molecule has 2 N–H and O–H groups in total. The Labute approximate surface area is 236 Å². The number of quaternary nitrogens is 1. The van der Waals surface area contributed by atoms with Crippen molar-refractivity contribution in [3.8, 4) is 0 Å². The van der Waals surface area contributed by atoms with E-state index in [1.807, 2.05) is 57.6 Å². The lowest BCUT2D eigenvalue weighted by molar-refractivity contribution is -0.870. The van der Waals surface area contributed by atoms with E-state index < -0.39 is 33.1 Å². The summed E-state index contributed by atoms with van der Waals surface area (Å²) in [6, 6.07) is 0. The molecule has 0 saturated heterocycles. The van der Waals surface area contributed by atoms with Crippen LogP contribution in [0.1, 0.15) is 58.3 Å². The van der Waals surface area contributed by atoms with E-state index >= 15 is 0 Å². The second-order valence-corrected chi connectivity index (χ2v) is 11.5. The van der Waals surface area contributed by atoms with Crippen LogP contribution >= 0.6 is 7.82 Å². The van der Waals surface area contributed by atoms with Gasteiger partial charge in [0, 0.05) is 6.08 Å². The van der Waals surface area contributed by atoms with Crippen LogP contribution in [-0.2, 0) is 23.1 Å². The van der Waals surface area contributed by atoms with Gasteiger partial charge >= 0.3 is 13.8 Å². The Balaban J connectivity index is 4.11. The molecule has 0 radical (unpaired) electrons. The maximum absolute atomic E-state index is 11.9. The van der Waals surface area contributed by atoms with Gasteiger partial charge in [-0.25, -0.2) is 9.36 Å². The molecule has 0 aliphatic carbocycles.